The SMILES string of the molecule is Cc1ccccc1Oc1ccc2c(c1)S(=O)(=O)NCN2C. The lowest BCUT2D eigenvalue weighted by atomic mass is 10.2. The first-order valence-corrected chi connectivity index (χ1v) is 8.04. The molecule has 1 aliphatic rings. The highest BCUT2D eigenvalue weighted by Crippen LogP contribution is 2.33. The molecule has 1 N–H and O–H groups in total. The van der Waals surface area contributed by atoms with Gasteiger partial charge in [0.05, 0.1) is 12.4 Å². The van der Waals surface area contributed by atoms with Crippen molar-refractivity contribution in [3.05, 3.63) is 48.0 Å². The number of rotatable bonds is 2. The molecule has 6 heteroatoms. The molecule has 21 heavy (non-hydrogen) atoms. The number of aryl methyl sites for hydroxylation is 1. The second-order valence-corrected chi connectivity index (χ2v) is 6.74. The van der Waals surface area contributed by atoms with E-state index in [1.54, 1.807) is 18.2 Å². The number of ether oxygens (including phenoxy) is 1. The van der Waals surface area contributed by atoms with Crippen LogP contribution in [0.1, 0.15) is 5.56 Å². The van der Waals surface area contributed by atoms with Crippen LogP contribution in [0.3, 0.4) is 0 Å². The molecule has 0 spiro atoms. The molecule has 0 radical (unpaired) electrons. The molecule has 0 saturated heterocycles. The zero-order valence-electron chi connectivity index (χ0n) is 11.8. The van der Waals surface area contributed by atoms with Gasteiger partial charge in [-0.1, -0.05) is 18.2 Å². The highest BCUT2D eigenvalue weighted by atomic mass is 32.2. The highest BCUT2D eigenvalue weighted by Gasteiger charge is 2.26. The molecule has 0 saturated carbocycles. The Morgan fingerprint density at radius 3 is 2.71 bits per heavy atom. The van der Waals surface area contributed by atoms with Crippen LogP contribution < -0.4 is 14.4 Å². The van der Waals surface area contributed by atoms with Gasteiger partial charge in [0.1, 0.15) is 16.4 Å². The number of fused-ring (bicyclic) bond motifs is 1. The normalized spacial score (nSPS) is 16.4. The highest BCUT2D eigenvalue weighted by molar-refractivity contribution is 7.89. The van der Waals surface area contributed by atoms with Crippen LogP contribution in [0.25, 0.3) is 0 Å². The average molecular weight is 304 g/mol. The molecule has 0 atom stereocenters. The van der Waals surface area contributed by atoms with Crippen LogP contribution in [0.5, 0.6) is 11.5 Å². The number of anilines is 1. The van der Waals surface area contributed by atoms with Crippen molar-refractivity contribution < 1.29 is 13.2 Å². The standard InChI is InChI=1S/C15H16N2O3S/c1-11-5-3-4-6-14(11)20-12-7-8-13-15(9-12)21(18,19)16-10-17(13)2/h3-9,16H,10H2,1-2H3. The number of benzene rings is 2. The minimum Gasteiger partial charge on any atom is -0.457 e. The fourth-order valence-electron chi connectivity index (χ4n) is 2.23. The van der Waals surface area contributed by atoms with E-state index in [1.807, 2.05) is 43.1 Å². The van der Waals surface area contributed by atoms with Crippen molar-refractivity contribution in [1.82, 2.24) is 4.72 Å². The van der Waals surface area contributed by atoms with Crippen molar-refractivity contribution in [2.45, 2.75) is 11.8 Å². The molecule has 5 nitrogen and oxygen atoms in total. The van der Waals surface area contributed by atoms with Crippen molar-refractivity contribution in [2.75, 3.05) is 18.6 Å². The number of sulfonamides is 1. The molecule has 0 aromatic heterocycles. The van der Waals surface area contributed by atoms with E-state index in [-0.39, 0.29) is 11.6 Å². The molecule has 2 aromatic rings. The van der Waals surface area contributed by atoms with E-state index in [4.69, 9.17) is 4.74 Å². The number of nitrogens with one attached hydrogen (secondary N) is 1. The maximum absolute atomic E-state index is 12.1. The van der Waals surface area contributed by atoms with Gasteiger partial charge in [-0.15, -0.1) is 0 Å². The molecule has 2 aromatic carbocycles. The van der Waals surface area contributed by atoms with Crippen LogP contribution in [-0.4, -0.2) is 22.1 Å². The van der Waals surface area contributed by atoms with Crippen LogP contribution in [0, 0.1) is 6.92 Å². The molecular weight excluding hydrogens is 288 g/mol. The van der Waals surface area contributed by atoms with Gasteiger partial charge < -0.3 is 9.64 Å². The Hall–Kier alpha value is -2.05. The number of hydrogen-bond donors (Lipinski definition) is 1. The number of nitrogens with zero attached hydrogens (tertiary/aromatic N) is 1. The topological polar surface area (TPSA) is 58.6 Å². The van der Waals surface area contributed by atoms with E-state index in [0.717, 1.165) is 5.56 Å². The summed E-state index contributed by atoms with van der Waals surface area (Å²) in [5, 5.41) is 0. The zero-order valence-corrected chi connectivity index (χ0v) is 12.6. The van der Waals surface area contributed by atoms with Crippen LogP contribution in [-0.2, 0) is 10.0 Å². The largest absolute Gasteiger partial charge is 0.457 e. The molecule has 0 amide bonds. The van der Waals surface area contributed by atoms with Crippen LogP contribution in [0.15, 0.2) is 47.4 Å². The third-order valence-electron chi connectivity index (χ3n) is 3.45. The number of hydrogen-bond acceptors (Lipinski definition) is 4. The summed E-state index contributed by atoms with van der Waals surface area (Å²) in [5.41, 5.74) is 1.67. The van der Waals surface area contributed by atoms with E-state index in [0.29, 0.717) is 17.2 Å². The lowest BCUT2D eigenvalue weighted by Gasteiger charge is -2.28. The maximum Gasteiger partial charge on any atom is 0.244 e. The Morgan fingerprint density at radius 1 is 1.19 bits per heavy atom. The van der Waals surface area contributed by atoms with Crippen molar-refractivity contribution in [1.29, 1.82) is 0 Å². The lowest BCUT2D eigenvalue weighted by molar-refractivity contribution is 0.476. The molecule has 0 unspecified atom stereocenters. The number of para-hydroxylation sites is 1. The fraction of sp³-hybridized carbons (Fsp3) is 0.200. The van der Waals surface area contributed by atoms with E-state index >= 15 is 0 Å². The Kier molecular flexibility index (Phi) is 3.35. The predicted octanol–water partition coefficient (Wildman–Crippen LogP) is 2.47. The monoisotopic (exact) mass is 304 g/mol. The summed E-state index contributed by atoms with van der Waals surface area (Å²) < 4.78 is 32.5. The zero-order chi connectivity index (χ0) is 15.0. The molecule has 0 aliphatic carbocycles. The van der Waals surface area contributed by atoms with Gasteiger partial charge in [-0.3, -0.25) is 0 Å². The van der Waals surface area contributed by atoms with Gasteiger partial charge >= 0.3 is 0 Å². The van der Waals surface area contributed by atoms with Crippen molar-refractivity contribution in [3.8, 4) is 11.5 Å². The molecule has 0 fully saturated rings. The molecule has 1 heterocycles. The van der Waals surface area contributed by atoms with Gasteiger partial charge in [0, 0.05) is 13.1 Å². The van der Waals surface area contributed by atoms with Crippen LogP contribution in [0.2, 0.25) is 0 Å². The summed E-state index contributed by atoms with van der Waals surface area (Å²) in [6.07, 6.45) is 0. The van der Waals surface area contributed by atoms with Crippen LogP contribution in [0.4, 0.5) is 5.69 Å². The molecule has 1 aliphatic heterocycles. The summed E-state index contributed by atoms with van der Waals surface area (Å²) in [6.45, 7) is 2.22. The summed E-state index contributed by atoms with van der Waals surface area (Å²) in [7, 11) is -1.64. The first-order valence-electron chi connectivity index (χ1n) is 6.56. The second kappa shape index (κ2) is 5.05. The molecule has 110 valence electrons. The maximum atomic E-state index is 12.1. The Bertz CT molecular complexity index is 787. The fourth-order valence-corrected chi connectivity index (χ4v) is 3.52. The van der Waals surface area contributed by atoms with Gasteiger partial charge in [0.2, 0.25) is 10.0 Å². The van der Waals surface area contributed by atoms with E-state index in [1.165, 1.54) is 0 Å². The minimum atomic E-state index is -3.47. The first-order chi connectivity index (χ1) is 9.97. The third kappa shape index (κ3) is 2.59. The summed E-state index contributed by atoms with van der Waals surface area (Å²) in [5.74, 6) is 1.22. The van der Waals surface area contributed by atoms with E-state index < -0.39 is 10.0 Å². The van der Waals surface area contributed by atoms with Gasteiger partial charge in [-0.05, 0) is 30.7 Å². The van der Waals surface area contributed by atoms with E-state index in [2.05, 4.69) is 4.72 Å². The van der Waals surface area contributed by atoms with Crippen LogP contribution >= 0.6 is 0 Å². The predicted molar refractivity (Wildman–Crippen MR) is 81.3 cm³/mol. The molecule has 0 bridgehead atoms. The third-order valence-corrected chi connectivity index (χ3v) is 4.86. The second-order valence-electron chi connectivity index (χ2n) is 5.00. The lowest BCUT2D eigenvalue weighted by Crippen LogP contribution is -2.40. The van der Waals surface area contributed by atoms with Crippen molar-refractivity contribution in [3.63, 3.8) is 0 Å². The quantitative estimate of drug-likeness (QED) is 0.926. The van der Waals surface area contributed by atoms with Crippen molar-refractivity contribution >= 4 is 15.7 Å². The smallest absolute Gasteiger partial charge is 0.244 e. The summed E-state index contributed by atoms with van der Waals surface area (Å²) in [6, 6.07) is 12.7. The van der Waals surface area contributed by atoms with Gasteiger partial charge in [-0.25, -0.2) is 8.42 Å². The van der Waals surface area contributed by atoms with Crippen molar-refractivity contribution in [2.24, 2.45) is 0 Å². The Labute approximate surface area is 124 Å². The van der Waals surface area contributed by atoms with Gasteiger partial charge in [-0.2, -0.15) is 4.72 Å². The summed E-state index contributed by atoms with van der Waals surface area (Å²) >= 11 is 0. The molecular formula is C15H16N2O3S. The van der Waals surface area contributed by atoms with Gasteiger partial charge in [0.25, 0.3) is 0 Å². The van der Waals surface area contributed by atoms with Gasteiger partial charge in [0.15, 0.2) is 0 Å². The Morgan fingerprint density at radius 2 is 1.95 bits per heavy atom. The average Bonchev–Trinajstić information content (AvgIpc) is 2.46. The first kappa shape index (κ1) is 13.9. The summed E-state index contributed by atoms with van der Waals surface area (Å²) in [4.78, 5) is 2.08. The molecule has 3 rings (SSSR count). The van der Waals surface area contributed by atoms with E-state index in [9.17, 15) is 8.42 Å². The minimum absolute atomic E-state index is 0.238. The Balaban J connectivity index is 2.02.